The standard InChI is InChI=1S/C13H19N5O2/c1-16(12-4-2-11(14)3-5-12)13(19)10-17-6-8-18(15-20)9-7-17/h2-5H,6-10,14H2,1H3. The van der Waals surface area contributed by atoms with E-state index >= 15 is 0 Å². The molecule has 1 amide bonds. The van der Waals surface area contributed by atoms with Crippen LogP contribution in [0.1, 0.15) is 0 Å². The number of benzene rings is 1. The van der Waals surface area contributed by atoms with Crippen LogP contribution in [0.3, 0.4) is 0 Å². The largest absolute Gasteiger partial charge is 0.399 e. The normalized spacial score (nSPS) is 15.9. The van der Waals surface area contributed by atoms with E-state index in [0.717, 1.165) is 5.69 Å². The van der Waals surface area contributed by atoms with Gasteiger partial charge in [-0.3, -0.25) is 14.7 Å². The van der Waals surface area contributed by atoms with E-state index in [1.165, 1.54) is 5.01 Å². The molecule has 108 valence electrons. The minimum atomic E-state index is 0.0160. The van der Waals surface area contributed by atoms with E-state index < -0.39 is 0 Å². The van der Waals surface area contributed by atoms with Crippen LogP contribution >= 0.6 is 0 Å². The van der Waals surface area contributed by atoms with Gasteiger partial charge in [-0.2, -0.15) is 0 Å². The van der Waals surface area contributed by atoms with Gasteiger partial charge >= 0.3 is 0 Å². The Hall–Kier alpha value is -2.15. The minimum absolute atomic E-state index is 0.0160. The van der Waals surface area contributed by atoms with Gasteiger partial charge in [0.2, 0.25) is 5.91 Å². The molecule has 1 fully saturated rings. The molecule has 7 nitrogen and oxygen atoms in total. The number of likely N-dealkylation sites (N-methyl/N-ethyl adjacent to an activating group) is 1. The topological polar surface area (TPSA) is 82.2 Å². The summed E-state index contributed by atoms with van der Waals surface area (Å²) in [5, 5.41) is 4.38. The van der Waals surface area contributed by atoms with Gasteiger partial charge in [-0.15, -0.1) is 4.91 Å². The number of nitrogen functional groups attached to an aromatic ring is 1. The Labute approximate surface area is 117 Å². The molecule has 1 aliphatic rings. The third-order valence-electron chi connectivity index (χ3n) is 3.48. The summed E-state index contributed by atoms with van der Waals surface area (Å²) in [5.74, 6) is 0.0160. The maximum Gasteiger partial charge on any atom is 0.240 e. The number of piperazine rings is 1. The summed E-state index contributed by atoms with van der Waals surface area (Å²) >= 11 is 0. The van der Waals surface area contributed by atoms with Crippen LogP contribution in [0.15, 0.2) is 29.6 Å². The van der Waals surface area contributed by atoms with Crippen molar-refractivity contribution in [2.75, 3.05) is 50.4 Å². The van der Waals surface area contributed by atoms with Gasteiger partial charge in [0.1, 0.15) is 0 Å². The van der Waals surface area contributed by atoms with E-state index in [1.54, 1.807) is 24.1 Å². The van der Waals surface area contributed by atoms with Crippen LogP contribution in [0.25, 0.3) is 0 Å². The van der Waals surface area contributed by atoms with E-state index in [1.807, 2.05) is 17.0 Å². The number of rotatable bonds is 4. The second kappa shape index (κ2) is 6.33. The molecule has 1 aromatic carbocycles. The highest BCUT2D eigenvalue weighted by Gasteiger charge is 2.20. The zero-order valence-corrected chi connectivity index (χ0v) is 11.5. The van der Waals surface area contributed by atoms with Crippen LogP contribution in [0.4, 0.5) is 11.4 Å². The predicted octanol–water partition coefficient (Wildman–Crippen LogP) is 0.531. The first-order valence-electron chi connectivity index (χ1n) is 6.53. The van der Waals surface area contributed by atoms with Gasteiger partial charge in [0.05, 0.1) is 24.9 Å². The Morgan fingerprint density at radius 2 is 1.85 bits per heavy atom. The molecule has 0 unspecified atom stereocenters. The Morgan fingerprint density at radius 3 is 2.40 bits per heavy atom. The fraction of sp³-hybridized carbons (Fsp3) is 0.462. The summed E-state index contributed by atoms with van der Waals surface area (Å²) in [6.45, 7) is 2.83. The van der Waals surface area contributed by atoms with Crippen LogP contribution in [0.2, 0.25) is 0 Å². The molecule has 0 aromatic heterocycles. The third-order valence-corrected chi connectivity index (χ3v) is 3.48. The molecule has 1 saturated heterocycles. The molecule has 0 radical (unpaired) electrons. The van der Waals surface area contributed by atoms with E-state index in [2.05, 4.69) is 5.29 Å². The van der Waals surface area contributed by atoms with Gasteiger partial charge in [-0.1, -0.05) is 0 Å². The van der Waals surface area contributed by atoms with E-state index in [9.17, 15) is 9.70 Å². The molecular weight excluding hydrogens is 258 g/mol. The van der Waals surface area contributed by atoms with Crippen molar-refractivity contribution in [3.05, 3.63) is 29.2 Å². The smallest absolute Gasteiger partial charge is 0.240 e. The number of nitroso groups, excluding NO2 is 1. The minimum Gasteiger partial charge on any atom is -0.399 e. The molecule has 0 atom stereocenters. The van der Waals surface area contributed by atoms with Crippen LogP contribution in [0.5, 0.6) is 0 Å². The monoisotopic (exact) mass is 277 g/mol. The quantitative estimate of drug-likeness (QED) is 0.641. The number of hydrogen-bond acceptors (Lipinski definition) is 5. The Bertz CT molecular complexity index is 468. The number of anilines is 2. The van der Waals surface area contributed by atoms with Gasteiger partial charge in [0.25, 0.3) is 0 Å². The average molecular weight is 277 g/mol. The lowest BCUT2D eigenvalue weighted by Gasteiger charge is -2.31. The van der Waals surface area contributed by atoms with E-state index in [4.69, 9.17) is 5.73 Å². The molecule has 20 heavy (non-hydrogen) atoms. The highest BCUT2D eigenvalue weighted by Crippen LogP contribution is 2.15. The van der Waals surface area contributed by atoms with Crippen LogP contribution in [-0.4, -0.2) is 55.6 Å². The molecular formula is C13H19N5O2. The molecule has 2 rings (SSSR count). The van der Waals surface area contributed by atoms with Crippen molar-refractivity contribution in [1.82, 2.24) is 9.91 Å². The Kier molecular flexibility index (Phi) is 4.52. The van der Waals surface area contributed by atoms with Gasteiger partial charge in [-0.25, -0.2) is 0 Å². The number of carbonyl (C=O) groups excluding carboxylic acids is 1. The van der Waals surface area contributed by atoms with Crippen molar-refractivity contribution in [1.29, 1.82) is 0 Å². The highest BCUT2D eigenvalue weighted by molar-refractivity contribution is 5.94. The lowest BCUT2D eigenvalue weighted by Crippen LogP contribution is -2.48. The van der Waals surface area contributed by atoms with E-state index in [0.29, 0.717) is 38.4 Å². The lowest BCUT2D eigenvalue weighted by molar-refractivity contribution is -0.119. The lowest BCUT2D eigenvalue weighted by atomic mass is 10.2. The average Bonchev–Trinajstić information content (AvgIpc) is 2.48. The number of amides is 1. The van der Waals surface area contributed by atoms with Crippen LogP contribution < -0.4 is 10.6 Å². The molecule has 0 aliphatic carbocycles. The number of carbonyl (C=O) groups is 1. The molecule has 0 saturated carbocycles. The SMILES string of the molecule is CN(C(=O)CN1CCN(N=O)CC1)c1ccc(N)cc1. The second-order valence-electron chi connectivity index (χ2n) is 4.86. The van der Waals surface area contributed by atoms with Gasteiger partial charge < -0.3 is 10.6 Å². The maximum absolute atomic E-state index is 12.2. The zero-order valence-electron chi connectivity index (χ0n) is 11.5. The van der Waals surface area contributed by atoms with Gasteiger partial charge in [0, 0.05) is 31.5 Å². The van der Waals surface area contributed by atoms with Gasteiger partial charge in [-0.05, 0) is 24.3 Å². The number of nitrogens with zero attached hydrogens (tertiary/aromatic N) is 4. The fourth-order valence-electron chi connectivity index (χ4n) is 2.12. The fourth-order valence-corrected chi connectivity index (χ4v) is 2.12. The van der Waals surface area contributed by atoms with E-state index in [-0.39, 0.29) is 5.91 Å². The maximum atomic E-state index is 12.2. The van der Waals surface area contributed by atoms with Crippen LogP contribution in [-0.2, 0) is 4.79 Å². The highest BCUT2D eigenvalue weighted by atomic mass is 16.3. The first-order valence-corrected chi connectivity index (χ1v) is 6.53. The predicted molar refractivity (Wildman–Crippen MR) is 78.1 cm³/mol. The second-order valence-corrected chi connectivity index (χ2v) is 4.86. The van der Waals surface area contributed by atoms with Crippen molar-refractivity contribution < 1.29 is 4.79 Å². The van der Waals surface area contributed by atoms with Crippen molar-refractivity contribution in [3.8, 4) is 0 Å². The van der Waals surface area contributed by atoms with Crippen molar-refractivity contribution in [2.24, 2.45) is 5.29 Å². The van der Waals surface area contributed by atoms with Crippen LogP contribution in [0, 0.1) is 4.91 Å². The third kappa shape index (κ3) is 3.45. The van der Waals surface area contributed by atoms with Crippen molar-refractivity contribution in [3.63, 3.8) is 0 Å². The first-order chi connectivity index (χ1) is 9.60. The molecule has 1 aromatic rings. The number of hydrogen-bond donors (Lipinski definition) is 1. The Morgan fingerprint density at radius 1 is 1.25 bits per heavy atom. The summed E-state index contributed by atoms with van der Waals surface area (Å²) in [6.07, 6.45) is 0. The van der Waals surface area contributed by atoms with Crippen molar-refractivity contribution >= 4 is 17.3 Å². The molecule has 1 aliphatic heterocycles. The zero-order chi connectivity index (χ0) is 14.5. The Balaban J connectivity index is 1.88. The molecule has 1 heterocycles. The molecule has 7 heteroatoms. The summed E-state index contributed by atoms with van der Waals surface area (Å²) in [6, 6.07) is 7.18. The summed E-state index contributed by atoms with van der Waals surface area (Å²) in [4.78, 5) is 26.2. The van der Waals surface area contributed by atoms with Gasteiger partial charge in [0.15, 0.2) is 0 Å². The summed E-state index contributed by atoms with van der Waals surface area (Å²) in [7, 11) is 1.75. The molecule has 0 spiro atoms. The number of nitrogens with two attached hydrogens (primary N) is 1. The first kappa shape index (κ1) is 14.3. The molecule has 2 N–H and O–H groups in total. The summed E-state index contributed by atoms with van der Waals surface area (Å²) < 4.78 is 0. The van der Waals surface area contributed by atoms with Crippen molar-refractivity contribution in [2.45, 2.75) is 0 Å². The summed E-state index contributed by atoms with van der Waals surface area (Å²) in [5.41, 5.74) is 7.12. The molecule has 0 bridgehead atoms.